The number of para-hydroxylation sites is 1. The van der Waals surface area contributed by atoms with E-state index in [-0.39, 0.29) is 38.5 Å². The fraction of sp³-hybridized carbons (Fsp3) is 0.222. The van der Waals surface area contributed by atoms with Crippen molar-refractivity contribution in [3.05, 3.63) is 35.1 Å². The summed E-state index contributed by atoms with van der Waals surface area (Å²) in [4.78, 5) is 11.0. The van der Waals surface area contributed by atoms with E-state index in [1.807, 2.05) is 18.2 Å². The predicted octanol–water partition coefficient (Wildman–Crippen LogP) is 2.52. The molecule has 0 bridgehead atoms. The van der Waals surface area contributed by atoms with E-state index in [1.165, 1.54) is 0 Å². The molecule has 0 aliphatic rings. The molecule has 0 spiro atoms. The van der Waals surface area contributed by atoms with Gasteiger partial charge in [-0.1, -0.05) is 24.3 Å². The minimum atomic E-state index is 0. The normalized spacial score (nSPS) is 8.50. The van der Waals surface area contributed by atoms with Gasteiger partial charge < -0.3 is 5.32 Å². The Morgan fingerprint density at radius 2 is 1.92 bits per heavy atom. The third-order valence-corrected chi connectivity index (χ3v) is 1.52. The molecule has 1 rings (SSSR count). The van der Waals surface area contributed by atoms with Gasteiger partial charge in [0.25, 0.3) is 0 Å². The molecule has 1 aromatic rings. The number of hydrogen-bond acceptors (Lipinski definition) is 1. The first-order chi connectivity index (χ1) is 5.25. The summed E-state index contributed by atoms with van der Waals surface area (Å²) in [7, 11) is 1.68. The number of hydrogen-bond donors (Lipinski definition) is 0. The van der Waals surface area contributed by atoms with Gasteiger partial charge in [-0.3, -0.25) is 4.79 Å². The largest absolute Gasteiger partial charge is 0.686 e. The maximum Gasteiger partial charge on any atom is 0.158 e. The van der Waals surface area contributed by atoms with E-state index >= 15 is 0 Å². The first-order valence-corrected chi connectivity index (χ1v) is 3.45. The number of carbonyl (C=O) groups is 1. The Kier molecular flexibility index (Phi) is 5.35. The minimum absolute atomic E-state index is 0. The van der Waals surface area contributed by atoms with Crippen molar-refractivity contribution < 1.29 is 37.5 Å². The van der Waals surface area contributed by atoms with E-state index in [4.69, 9.17) is 0 Å². The van der Waals surface area contributed by atoms with Crippen molar-refractivity contribution in [2.75, 3.05) is 7.05 Å². The quantitative estimate of drug-likeness (QED) is 0.727. The maximum atomic E-state index is 11.0. The van der Waals surface area contributed by atoms with Gasteiger partial charge in [0.15, 0.2) is 5.78 Å². The molecular formula is C9H10NOY-. The summed E-state index contributed by atoms with van der Waals surface area (Å²) >= 11 is 0. The van der Waals surface area contributed by atoms with Gasteiger partial charge in [-0.15, -0.1) is 12.7 Å². The van der Waals surface area contributed by atoms with Gasteiger partial charge in [-0.25, -0.2) is 0 Å². The first-order valence-electron chi connectivity index (χ1n) is 3.45. The Morgan fingerprint density at radius 1 is 1.33 bits per heavy atom. The van der Waals surface area contributed by atoms with Crippen LogP contribution in [0.25, 0.3) is 5.32 Å². The molecule has 3 heteroatoms. The van der Waals surface area contributed by atoms with Gasteiger partial charge in [0.1, 0.15) is 0 Å². The second kappa shape index (κ2) is 5.44. The summed E-state index contributed by atoms with van der Waals surface area (Å²) < 4.78 is 0. The van der Waals surface area contributed by atoms with Crippen LogP contribution < -0.4 is 0 Å². The van der Waals surface area contributed by atoms with E-state index in [1.54, 1.807) is 20.0 Å². The third kappa shape index (κ3) is 2.69. The van der Waals surface area contributed by atoms with E-state index in [2.05, 4.69) is 5.32 Å². The smallest absolute Gasteiger partial charge is 0.158 e. The minimum Gasteiger partial charge on any atom is -0.686 e. The molecule has 0 aliphatic heterocycles. The van der Waals surface area contributed by atoms with Crippen LogP contribution in [-0.2, 0) is 32.7 Å². The monoisotopic (exact) mass is 237 g/mol. The van der Waals surface area contributed by atoms with Crippen molar-refractivity contribution in [2.24, 2.45) is 0 Å². The summed E-state index contributed by atoms with van der Waals surface area (Å²) in [6.45, 7) is 1.55. The fourth-order valence-electron chi connectivity index (χ4n) is 0.966. The second-order valence-electron chi connectivity index (χ2n) is 2.30. The molecule has 2 nitrogen and oxygen atoms in total. The van der Waals surface area contributed by atoms with Crippen molar-refractivity contribution in [2.45, 2.75) is 6.92 Å². The number of nitrogens with zero attached hydrogens (tertiary/aromatic N) is 1. The summed E-state index contributed by atoms with van der Waals surface area (Å²) in [5.41, 5.74) is 1.45. The van der Waals surface area contributed by atoms with Gasteiger partial charge in [-0.05, 0) is 6.92 Å². The Hall–Kier alpha value is -0.206. The summed E-state index contributed by atoms with van der Waals surface area (Å²) in [5.74, 6) is 0.0613. The van der Waals surface area contributed by atoms with Crippen LogP contribution in [0.15, 0.2) is 24.3 Å². The molecule has 0 atom stereocenters. The van der Waals surface area contributed by atoms with E-state index in [9.17, 15) is 4.79 Å². The zero-order valence-electron chi connectivity index (χ0n) is 7.24. The average Bonchev–Trinajstić information content (AvgIpc) is 2.04. The van der Waals surface area contributed by atoms with Crippen LogP contribution in [0, 0.1) is 0 Å². The molecule has 0 heterocycles. The molecule has 12 heavy (non-hydrogen) atoms. The van der Waals surface area contributed by atoms with Gasteiger partial charge in [0.05, 0.1) is 0 Å². The molecule has 1 radical (unpaired) electrons. The van der Waals surface area contributed by atoms with Gasteiger partial charge >= 0.3 is 0 Å². The summed E-state index contributed by atoms with van der Waals surface area (Å²) in [6, 6.07) is 7.32. The number of ketones is 1. The van der Waals surface area contributed by atoms with Crippen LogP contribution in [0.2, 0.25) is 0 Å². The number of Topliss-reactive ketones (excluding diaryl/α,β-unsaturated/α-hetero) is 1. The molecule has 0 amide bonds. The maximum absolute atomic E-state index is 11.0. The zero-order valence-corrected chi connectivity index (χ0v) is 10.1. The number of benzene rings is 1. The number of carbonyl (C=O) groups excluding carboxylic acids is 1. The van der Waals surface area contributed by atoms with Crippen LogP contribution in [0.5, 0.6) is 0 Å². The Morgan fingerprint density at radius 3 is 2.33 bits per heavy atom. The molecule has 0 unspecified atom stereocenters. The zero-order chi connectivity index (χ0) is 8.27. The standard InChI is InChI=1S/C9H11NO.Y/c1-7(11)8-5-3-4-6-9(8)10-2;/h3-6H,1-2H3,(H,10,11);/p-1. The fourth-order valence-corrected chi connectivity index (χ4v) is 0.966. The second-order valence-corrected chi connectivity index (χ2v) is 2.30. The summed E-state index contributed by atoms with van der Waals surface area (Å²) in [5, 5.41) is 3.97. The molecule has 0 fully saturated rings. The van der Waals surface area contributed by atoms with Crippen LogP contribution >= 0.6 is 0 Å². The van der Waals surface area contributed by atoms with E-state index in [0.29, 0.717) is 5.56 Å². The van der Waals surface area contributed by atoms with Crippen LogP contribution in [0.1, 0.15) is 17.3 Å². The van der Waals surface area contributed by atoms with Gasteiger partial charge in [0.2, 0.25) is 0 Å². The molecular weight excluding hydrogens is 227 g/mol. The SMILES string of the molecule is C[N-]c1ccccc1C(C)=O.[Y]. The molecule has 0 aromatic heterocycles. The van der Waals surface area contributed by atoms with Gasteiger partial charge in [-0.2, -0.15) is 0 Å². The van der Waals surface area contributed by atoms with Crippen LogP contribution in [0.4, 0.5) is 5.69 Å². The van der Waals surface area contributed by atoms with Gasteiger partial charge in [0, 0.05) is 38.3 Å². The molecule has 0 aliphatic carbocycles. The van der Waals surface area contributed by atoms with Crippen molar-refractivity contribution in [1.82, 2.24) is 0 Å². The van der Waals surface area contributed by atoms with Crippen molar-refractivity contribution in [3.63, 3.8) is 0 Å². The van der Waals surface area contributed by atoms with Crippen LogP contribution in [-0.4, -0.2) is 12.8 Å². The molecule has 1 aromatic carbocycles. The molecule has 0 N–H and O–H groups in total. The molecule has 0 saturated carbocycles. The topological polar surface area (TPSA) is 31.2 Å². The Labute approximate surface area is 97.6 Å². The molecule has 61 valence electrons. The van der Waals surface area contributed by atoms with Crippen molar-refractivity contribution in [1.29, 1.82) is 0 Å². The average molecular weight is 237 g/mol. The first kappa shape index (κ1) is 11.8. The Balaban J connectivity index is 0.00000121. The summed E-state index contributed by atoms with van der Waals surface area (Å²) in [6.07, 6.45) is 0. The van der Waals surface area contributed by atoms with Crippen molar-refractivity contribution >= 4 is 11.5 Å². The van der Waals surface area contributed by atoms with Crippen molar-refractivity contribution in [3.8, 4) is 0 Å². The Bertz CT molecular complexity index is 273. The number of rotatable bonds is 2. The predicted molar refractivity (Wildman–Crippen MR) is 45.4 cm³/mol. The van der Waals surface area contributed by atoms with Crippen LogP contribution in [0.3, 0.4) is 0 Å². The third-order valence-electron chi connectivity index (χ3n) is 1.52. The van der Waals surface area contributed by atoms with E-state index in [0.717, 1.165) is 5.69 Å². The molecule has 0 saturated heterocycles. The van der Waals surface area contributed by atoms with E-state index < -0.39 is 0 Å².